The van der Waals surface area contributed by atoms with Crippen LogP contribution >= 0.6 is 15.9 Å². The minimum atomic E-state index is -4.65. The van der Waals surface area contributed by atoms with Gasteiger partial charge in [0.1, 0.15) is 5.60 Å². The number of carbonyl (C=O) groups excluding carboxylic acids is 3. The number of Topliss-reactive ketones (excluding diaryl/α,β-unsaturated/α-hetero) is 1. The number of rotatable bonds is 7. The number of alkyl halides is 3. The summed E-state index contributed by atoms with van der Waals surface area (Å²) in [4.78, 5) is 36.0. The van der Waals surface area contributed by atoms with Crippen molar-refractivity contribution in [3.8, 4) is 0 Å². The summed E-state index contributed by atoms with van der Waals surface area (Å²) in [6.45, 7) is 4.36. The van der Waals surface area contributed by atoms with Gasteiger partial charge in [0.2, 0.25) is 5.91 Å². The fraction of sp³-hybridized carbons (Fsp3) is 0.318. The highest BCUT2D eigenvalue weighted by atomic mass is 79.9. The van der Waals surface area contributed by atoms with Crippen molar-refractivity contribution in [3.63, 3.8) is 0 Å². The van der Waals surface area contributed by atoms with Gasteiger partial charge in [-0.25, -0.2) is 4.79 Å². The third kappa shape index (κ3) is 7.08. The van der Waals surface area contributed by atoms with Crippen LogP contribution in [0.4, 0.5) is 23.7 Å². The lowest BCUT2D eigenvalue weighted by Gasteiger charge is -2.26. The Morgan fingerprint density at radius 2 is 1.78 bits per heavy atom. The van der Waals surface area contributed by atoms with Gasteiger partial charge < -0.3 is 15.8 Å². The van der Waals surface area contributed by atoms with Gasteiger partial charge in [-0.2, -0.15) is 13.2 Å². The van der Waals surface area contributed by atoms with Crippen LogP contribution in [0.1, 0.15) is 47.3 Å². The highest BCUT2D eigenvalue weighted by Gasteiger charge is 2.34. The summed E-state index contributed by atoms with van der Waals surface area (Å²) >= 11 is 3.23. The fourth-order valence-corrected chi connectivity index (χ4v) is 3.61. The van der Waals surface area contributed by atoms with Crippen LogP contribution in [0.5, 0.6) is 0 Å². The molecule has 0 saturated carbocycles. The molecule has 0 atom stereocenters. The summed E-state index contributed by atoms with van der Waals surface area (Å²) in [7, 11) is 0. The molecule has 3 N–H and O–H groups in total. The van der Waals surface area contributed by atoms with Crippen molar-refractivity contribution in [1.82, 2.24) is 0 Å². The van der Waals surface area contributed by atoms with Crippen LogP contribution in [0.25, 0.3) is 0 Å². The van der Waals surface area contributed by atoms with Crippen LogP contribution in [0.3, 0.4) is 0 Å². The predicted molar refractivity (Wildman–Crippen MR) is 116 cm³/mol. The molecule has 0 aliphatic rings. The maximum Gasteiger partial charge on any atom is 0.416 e. The number of nitrogens with one attached hydrogen (secondary N) is 1. The Bertz CT molecular complexity index is 1050. The summed E-state index contributed by atoms with van der Waals surface area (Å²) in [5.41, 5.74) is 3.37. The topological polar surface area (TPSA) is 98.5 Å². The van der Waals surface area contributed by atoms with Crippen LogP contribution < -0.4 is 11.1 Å². The molecule has 10 heteroatoms. The average Bonchev–Trinajstić information content (AvgIpc) is 2.61. The standard InChI is InChI=1S/C22H22BrF3N2O4/c1-12-7-14(11-21(2,3)32-20(27)31)17(9-16(12)22(24,25)26)28-19(30)10-18(29)13-5-4-6-15(23)8-13/h4-9H,10-11H2,1-3H3,(H2,27,31)(H,28,30). The number of ether oxygens (including phenoxy) is 1. The Hall–Kier alpha value is -2.88. The molecule has 2 aromatic rings. The van der Waals surface area contributed by atoms with Crippen molar-refractivity contribution in [3.05, 3.63) is 63.1 Å². The molecule has 0 aliphatic carbocycles. The minimum Gasteiger partial charge on any atom is -0.443 e. The Morgan fingerprint density at radius 3 is 2.34 bits per heavy atom. The lowest BCUT2D eigenvalue weighted by molar-refractivity contribution is -0.138. The quantitative estimate of drug-likeness (QED) is 0.381. The van der Waals surface area contributed by atoms with Crippen molar-refractivity contribution < 1.29 is 32.3 Å². The van der Waals surface area contributed by atoms with Gasteiger partial charge in [0.15, 0.2) is 5.78 Å². The van der Waals surface area contributed by atoms with E-state index in [2.05, 4.69) is 21.2 Å². The van der Waals surface area contributed by atoms with Crippen LogP contribution in [0.15, 0.2) is 40.9 Å². The Kier molecular flexibility index (Phi) is 7.71. The highest BCUT2D eigenvalue weighted by molar-refractivity contribution is 9.10. The van der Waals surface area contributed by atoms with E-state index in [1.807, 2.05) is 0 Å². The van der Waals surface area contributed by atoms with Gasteiger partial charge in [0, 0.05) is 22.1 Å². The number of carbonyl (C=O) groups is 3. The Labute approximate surface area is 191 Å². The molecule has 0 bridgehead atoms. The van der Waals surface area contributed by atoms with Gasteiger partial charge in [-0.15, -0.1) is 0 Å². The van der Waals surface area contributed by atoms with E-state index in [9.17, 15) is 27.6 Å². The summed E-state index contributed by atoms with van der Waals surface area (Å²) in [5, 5.41) is 2.40. The first-order valence-corrected chi connectivity index (χ1v) is 10.2. The largest absolute Gasteiger partial charge is 0.443 e. The second kappa shape index (κ2) is 9.72. The van der Waals surface area contributed by atoms with Gasteiger partial charge in [-0.1, -0.05) is 34.1 Å². The van der Waals surface area contributed by atoms with Gasteiger partial charge >= 0.3 is 12.3 Å². The van der Waals surface area contributed by atoms with Crippen molar-refractivity contribution >= 4 is 39.4 Å². The zero-order chi connectivity index (χ0) is 24.3. The summed E-state index contributed by atoms with van der Waals surface area (Å²) in [6.07, 6.45) is -6.27. The first kappa shape index (κ1) is 25.4. The molecule has 172 valence electrons. The molecule has 0 saturated heterocycles. The van der Waals surface area contributed by atoms with Gasteiger partial charge in [0.05, 0.1) is 12.0 Å². The molecule has 0 unspecified atom stereocenters. The molecule has 0 aliphatic heterocycles. The van der Waals surface area contributed by atoms with E-state index >= 15 is 0 Å². The third-order valence-electron chi connectivity index (χ3n) is 4.49. The van der Waals surface area contributed by atoms with E-state index in [1.54, 1.807) is 18.2 Å². The SMILES string of the molecule is Cc1cc(CC(C)(C)OC(N)=O)c(NC(=O)CC(=O)c2cccc(Br)c2)cc1C(F)(F)F. The number of aryl methyl sites for hydroxylation is 1. The summed E-state index contributed by atoms with van der Waals surface area (Å²) < 4.78 is 45.9. The van der Waals surface area contributed by atoms with E-state index in [4.69, 9.17) is 10.5 Å². The molecular formula is C22H22BrF3N2O4. The Balaban J connectivity index is 2.35. The van der Waals surface area contributed by atoms with Gasteiger partial charge in [-0.05, 0) is 50.1 Å². The number of halogens is 4. The van der Waals surface area contributed by atoms with Crippen LogP contribution in [-0.4, -0.2) is 23.4 Å². The highest BCUT2D eigenvalue weighted by Crippen LogP contribution is 2.36. The lowest BCUT2D eigenvalue weighted by atomic mass is 9.93. The lowest BCUT2D eigenvalue weighted by Crippen LogP contribution is -2.33. The maximum atomic E-state index is 13.4. The smallest absolute Gasteiger partial charge is 0.416 e. The second-order valence-corrected chi connectivity index (χ2v) is 8.75. The molecule has 0 radical (unpaired) electrons. The van der Waals surface area contributed by atoms with E-state index in [1.165, 1.54) is 32.9 Å². The molecule has 0 heterocycles. The zero-order valence-electron chi connectivity index (χ0n) is 17.6. The van der Waals surface area contributed by atoms with Crippen LogP contribution in [0.2, 0.25) is 0 Å². The van der Waals surface area contributed by atoms with E-state index in [0.29, 0.717) is 10.0 Å². The number of nitrogens with two attached hydrogens (primary N) is 1. The third-order valence-corrected chi connectivity index (χ3v) is 4.98. The number of anilines is 1. The first-order valence-electron chi connectivity index (χ1n) is 9.46. The second-order valence-electron chi connectivity index (χ2n) is 7.84. The molecule has 0 fully saturated rings. The average molecular weight is 515 g/mol. The number of primary amides is 1. The first-order chi connectivity index (χ1) is 14.7. The van der Waals surface area contributed by atoms with E-state index < -0.39 is 41.5 Å². The van der Waals surface area contributed by atoms with Crippen molar-refractivity contribution in [2.24, 2.45) is 5.73 Å². The number of hydrogen-bond acceptors (Lipinski definition) is 4. The number of ketones is 1. The van der Waals surface area contributed by atoms with Gasteiger partial charge in [-0.3, -0.25) is 9.59 Å². The number of amides is 2. The summed E-state index contributed by atoms with van der Waals surface area (Å²) in [5.74, 6) is -1.27. The van der Waals surface area contributed by atoms with E-state index in [-0.39, 0.29) is 23.2 Å². The molecule has 2 amide bonds. The molecular weight excluding hydrogens is 493 g/mol. The molecule has 2 rings (SSSR count). The van der Waals surface area contributed by atoms with Gasteiger partial charge in [0.25, 0.3) is 0 Å². The van der Waals surface area contributed by atoms with Crippen molar-refractivity contribution in [1.29, 1.82) is 0 Å². The van der Waals surface area contributed by atoms with E-state index in [0.717, 1.165) is 6.07 Å². The number of hydrogen-bond donors (Lipinski definition) is 2. The monoisotopic (exact) mass is 514 g/mol. The van der Waals surface area contributed by atoms with Crippen LogP contribution in [0, 0.1) is 6.92 Å². The molecule has 0 spiro atoms. The molecule has 0 aromatic heterocycles. The Morgan fingerprint density at radius 1 is 1.12 bits per heavy atom. The number of benzene rings is 2. The zero-order valence-corrected chi connectivity index (χ0v) is 19.2. The minimum absolute atomic E-state index is 0.0237. The van der Waals surface area contributed by atoms with Crippen molar-refractivity contribution in [2.45, 2.75) is 45.4 Å². The fourth-order valence-electron chi connectivity index (χ4n) is 3.21. The normalized spacial score (nSPS) is 11.7. The predicted octanol–water partition coefficient (Wildman–Crippen LogP) is 5.40. The van der Waals surface area contributed by atoms with Crippen LogP contribution in [-0.2, 0) is 22.1 Å². The van der Waals surface area contributed by atoms with Crippen molar-refractivity contribution in [2.75, 3.05) is 5.32 Å². The molecule has 2 aromatic carbocycles. The maximum absolute atomic E-state index is 13.4. The molecule has 32 heavy (non-hydrogen) atoms. The summed E-state index contributed by atoms with van der Waals surface area (Å²) in [6, 6.07) is 8.49. The molecule has 6 nitrogen and oxygen atoms in total.